The quantitative estimate of drug-likeness (QED) is 0.632. The summed E-state index contributed by atoms with van der Waals surface area (Å²) in [7, 11) is 2.07. The van der Waals surface area contributed by atoms with Gasteiger partial charge < -0.3 is 20.5 Å². The van der Waals surface area contributed by atoms with Crippen molar-refractivity contribution in [1.29, 1.82) is 0 Å². The number of ether oxygens (including phenoxy) is 1. The molecule has 0 amide bonds. The van der Waals surface area contributed by atoms with E-state index in [9.17, 15) is 5.11 Å². The lowest BCUT2D eigenvalue weighted by Crippen LogP contribution is -2.30. The van der Waals surface area contributed by atoms with Gasteiger partial charge in [0.2, 0.25) is 0 Å². The van der Waals surface area contributed by atoms with Gasteiger partial charge >= 0.3 is 0 Å². The Balaban J connectivity index is 1.89. The Hall–Kier alpha value is -1.26. The third-order valence-electron chi connectivity index (χ3n) is 3.37. The number of rotatable bonds is 4. The number of aromatic hydroxyl groups is 1. The molecular formula is C14H22N2O2. The molecule has 4 nitrogen and oxygen atoms in total. The van der Waals surface area contributed by atoms with Crippen LogP contribution in [-0.4, -0.2) is 36.8 Å². The van der Waals surface area contributed by atoms with E-state index in [1.807, 2.05) is 6.07 Å². The lowest BCUT2D eigenvalue weighted by molar-refractivity contribution is 0.0411. The van der Waals surface area contributed by atoms with Crippen LogP contribution in [0.1, 0.15) is 18.4 Å². The first-order valence-corrected chi connectivity index (χ1v) is 6.49. The summed E-state index contributed by atoms with van der Waals surface area (Å²) in [5.41, 5.74) is 7.31. The van der Waals surface area contributed by atoms with Gasteiger partial charge in [0.1, 0.15) is 5.75 Å². The van der Waals surface area contributed by atoms with Gasteiger partial charge in [0.15, 0.2) is 0 Å². The SMILES string of the molecule is CN(Cc1cc(N)ccc1O)CC1CCCOC1. The number of hydrogen-bond donors (Lipinski definition) is 2. The highest BCUT2D eigenvalue weighted by molar-refractivity contribution is 5.47. The summed E-state index contributed by atoms with van der Waals surface area (Å²) >= 11 is 0. The molecule has 1 atom stereocenters. The van der Waals surface area contributed by atoms with Gasteiger partial charge in [-0.2, -0.15) is 0 Å². The first-order valence-electron chi connectivity index (χ1n) is 6.49. The Morgan fingerprint density at radius 3 is 3.06 bits per heavy atom. The van der Waals surface area contributed by atoms with Crippen LogP contribution < -0.4 is 5.73 Å². The number of phenolic OH excluding ortho intramolecular Hbond substituents is 1. The van der Waals surface area contributed by atoms with Crippen LogP contribution in [0.2, 0.25) is 0 Å². The summed E-state index contributed by atoms with van der Waals surface area (Å²) in [4.78, 5) is 2.22. The highest BCUT2D eigenvalue weighted by Crippen LogP contribution is 2.22. The van der Waals surface area contributed by atoms with Crippen molar-refractivity contribution in [3.8, 4) is 5.75 Å². The first kappa shape index (κ1) is 13.2. The molecule has 1 fully saturated rings. The Morgan fingerprint density at radius 2 is 2.33 bits per heavy atom. The molecule has 1 saturated heterocycles. The highest BCUT2D eigenvalue weighted by atomic mass is 16.5. The summed E-state index contributed by atoms with van der Waals surface area (Å²) < 4.78 is 5.48. The number of nitrogens with two attached hydrogens (primary N) is 1. The van der Waals surface area contributed by atoms with E-state index in [1.165, 1.54) is 6.42 Å². The van der Waals surface area contributed by atoms with Gasteiger partial charge in [-0.15, -0.1) is 0 Å². The van der Waals surface area contributed by atoms with Gasteiger partial charge in [0.05, 0.1) is 6.61 Å². The molecule has 4 heteroatoms. The summed E-state index contributed by atoms with van der Waals surface area (Å²) in [6, 6.07) is 5.21. The molecule has 0 aliphatic carbocycles. The maximum absolute atomic E-state index is 9.78. The third-order valence-corrected chi connectivity index (χ3v) is 3.37. The zero-order valence-corrected chi connectivity index (χ0v) is 10.9. The van der Waals surface area contributed by atoms with E-state index in [-0.39, 0.29) is 0 Å². The van der Waals surface area contributed by atoms with Crippen molar-refractivity contribution in [2.24, 2.45) is 5.92 Å². The lowest BCUT2D eigenvalue weighted by Gasteiger charge is -2.27. The molecule has 100 valence electrons. The van der Waals surface area contributed by atoms with Crippen LogP contribution in [0.15, 0.2) is 18.2 Å². The largest absolute Gasteiger partial charge is 0.508 e. The van der Waals surface area contributed by atoms with Crippen LogP contribution in [-0.2, 0) is 11.3 Å². The molecule has 1 aromatic rings. The summed E-state index contributed by atoms with van der Waals surface area (Å²) in [5.74, 6) is 0.919. The van der Waals surface area contributed by atoms with E-state index >= 15 is 0 Å². The van der Waals surface area contributed by atoms with Crippen molar-refractivity contribution >= 4 is 5.69 Å². The molecule has 1 aliphatic rings. The van der Waals surface area contributed by atoms with Crippen LogP contribution >= 0.6 is 0 Å². The van der Waals surface area contributed by atoms with Crippen molar-refractivity contribution in [3.63, 3.8) is 0 Å². The monoisotopic (exact) mass is 250 g/mol. The van der Waals surface area contributed by atoms with Gasteiger partial charge in [-0.25, -0.2) is 0 Å². The van der Waals surface area contributed by atoms with Crippen molar-refractivity contribution in [1.82, 2.24) is 4.90 Å². The standard InChI is InChI=1S/C14H22N2O2/c1-16(8-11-3-2-6-18-10-11)9-12-7-13(15)4-5-14(12)17/h4-5,7,11,17H,2-3,6,8-10,15H2,1H3. The average Bonchev–Trinajstić information content (AvgIpc) is 2.35. The minimum atomic E-state index is 0.316. The second kappa shape index (κ2) is 6.07. The predicted octanol–water partition coefficient (Wildman–Crippen LogP) is 1.83. The summed E-state index contributed by atoms with van der Waals surface area (Å²) in [5, 5.41) is 9.78. The minimum Gasteiger partial charge on any atom is -0.508 e. The van der Waals surface area contributed by atoms with Crippen LogP contribution in [0.4, 0.5) is 5.69 Å². The Bertz CT molecular complexity index is 389. The molecule has 1 aliphatic heterocycles. The molecule has 0 spiro atoms. The minimum absolute atomic E-state index is 0.316. The van der Waals surface area contributed by atoms with Crippen LogP contribution in [0.3, 0.4) is 0 Å². The Morgan fingerprint density at radius 1 is 1.50 bits per heavy atom. The van der Waals surface area contributed by atoms with Gasteiger partial charge in [-0.3, -0.25) is 0 Å². The van der Waals surface area contributed by atoms with Gasteiger partial charge in [-0.1, -0.05) is 0 Å². The average molecular weight is 250 g/mol. The van der Waals surface area contributed by atoms with Crippen LogP contribution in [0.5, 0.6) is 5.75 Å². The fourth-order valence-electron chi connectivity index (χ4n) is 2.48. The Kier molecular flexibility index (Phi) is 4.44. The topological polar surface area (TPSA) is 58.7 Å². The third kappa shape index (κ3) is 3.62. The second-order valence-corrected chi connectivity index (χ2v) is 5.17. The van der Waals surface area contributed by atoms with E-state index in [4.69, 9.17) is 10.5 Å². The predicted molar refractivity (Wildman–Crippen MR) is 72.4 cm³/mol. The maximum atomic E-state index is 9.78. The van der Waals surface area contributed by atoms with Crippen molar-refractivity contribution in [3.05, 3.63) is 23.8 Å². The second-order valence-electron chi connectivity index (χ2n) is 5.17. The molecule has 1 aromatic carbocycles. The van der Waals surface area contributed by atoms with Crippen molar-refractivity contribution in [2.45, 2.75) is 19.4 Å². The number of phenols is 1. The Labute approximate surface area is 108 Å². The number of nitrogens with zero attached hydrogens (tertiary/aromatic N) is 1. The zero-order valence-electron chi connectivity index (χ0n) is 10.9. The van der Waals surface area contributed by atoms with E-state index in [2.05, 4.69) is 11.9 Å². The normalized spacial score (nSPS) is 20.2. The molecule has 1 heterocycles. The molecule has 1 unspecified atom stereocenters. The fourth-order valence-corrected chi connectivity index (χ4v) is 2.48. The van der Waals surface area contributed by atoms with Crippen LogP contribution in [0.25, 0.3) is 0 Å². The first-order chi connectivity index (χ1) is 8.65. The number of anilines is 1. The van der Waals surface area contributed by atoms with E-state index in [0.717, 1.165) is 31.7 Å². The molecule has 2 rings (SSSR count). The maximum Gasteiger partial charge on any atom is 0.120 e. The molecule has 0 saturated carbocycles. The van der Waals surface area contributed by atoms with Gasteiger partial charge in [-0.05, 0) is 44.0 Å². The number of nitrogen functional groups attached to an aromatic ring is 1. The molecule has 3 N–H and O–H groups in total. The zero-order chi connectivity index (χ0) is 13.0. The molecule has 18 heavy (non-hydrogen) atoms. The number of benzene rings is 1. The molecule has 0 aromatic heterocycles. The fraction of sp³-hybridized carbons (Fsp3) is 0.571. The van der Waals surface area contributed by atoms with E-state index < -0.39 is 0 Å². The van der Waals surface area contributed by atoms with Gasteiger partial charge in [0, 0.05) is 30.9 Å². The van der Waals surface area contributed by atoms with E-state index in [0.29, 0.717) is 23.9 Å². The molecule has 0 radical (unpaired) electrons. The van der Waals surface area contributed by atoms with Crippen LogP contribution in [0, 0.1) is 5.92 Å². The smallest absolute Gasteiger partial charge is 0.120 e. The van der Waals surface area contributed by atoms with Crippen molar-refractivity contribution in [2.75, 3.05) is 32.5 Å². The summed E-state index contributed by atoms with van der Waals surface area (Å²) in [6.45, 7) is 3.46. The van der Waals surface area contributed by atoms with E-state index in [1.54, 1.807) is 12.1 Å². The highest BCUT2D eigenvalue weighted by Gasteiger charge is 2.16. The number of hydrogen-bond acceptors (Lipinski definition) is 4. The van der Waals surface area contributed by atoms with Crippen molar-refractivity contribution < 1.29 is 9.84 Å². The molecule has 0 bridgehead atoms. The summed E-state index contributed by atoms with van der Waals surface area (Å²) in [6.07, 6.45) is 2.38. The molecular weight excluding hydrogens is 228 g/mol. The lowest BCUT2D eigenvalue weighted by atomic mass is 10.0. The van der Waals surface area contributed by atoms with Gasteiger partial charge in [0.25, 0.3) is 0 Å².